The summed E-state index contributed by atoms with van der Waals surface area (Å²) in [4.78, 5) is 0. The third kappa shape index (κ3) is 2.53. The molecule has 0 aromatic heterocycles. The Morgan fingerprint density at radius 2 is 2.40 bits per heavy atom. The van der Waals surface area contributed by atoms with Crippen molar-refractivity contribution in [1.29, 1.82) is 0 Å². The van der Waals surface area contributed by atoms with E-state index in [2.05, 4.69) is 18.3 Å². The summed E-state index contributed by atoms with van der Waals surface area (Å²) in [6.45, 7) is 4.63. The molecule has 0 aliphatic carbocycles. The fraction of sp³-hybridized carbons (Fsp3) is 0.778. The van der Waals surface area contributed by atoms with Crippen LogP contribution in [0.1, 0.15) is 32.6 Å². The summed E-state index contributed by atoms with van der Waals surface area (Å²) >= 11 is 0. The van der Waals surface area contributed by atoms with Crippen LogP contribution in [0.5, 0.6) is 0 Å². The first kappa shape index (κ1) is 7.80. The van der Waals surface area contributed by atoms with Gasteiger partial charge >= 0.3 is 0 Å². The van der Waals surface area contributed by atoms with Crippen LogP contribution < -0.4 is 5.32 Å². The van der Waals surface area contributed by atoms with E-state index in [0.29, 0.717) is 0 Å². The molecule has 0 spiro atoms. The fourth-order valence-corrected chi connectivity index (χ4v) is 1.37. The largest absolute Gasteiger partial charge is 0.316 e. The van der Waals surface area contributed by atoms with E-state index in [1.807, 2.05) is 0 Å². The Labute approximate surface area is 63.5 Å². The quantitative estimate of drug-likeness (QED) is 0.548. The summed E-state index contributed by atoms with van der Waals surface area (Å²) < 4.78 is 0. The molecule has 0 fully saturated rings. The van der Waals surface area contributed by atoms with E-state index in [0.717, 1.165) is 0 Å². The molecule has 0 aromatic rings. The lowest BCUT2D eigenvalue weighted by atomic mass is 10.1. The summed E-state index contributed by atoms with van der Waals surface area (Å²) in [7, 11) is 0. The van der Waals surface area contributed by atoms with Crippen molar-refractivity contribution in [3.63, 3.8) is 0 Å². The molecular weight excluding hydrogens is 122 g/mol. The van der Waals surface area contributed by atoms with Crippen LogP contribution in [0.2, 0.25) is 0 Å². The Bertz CT molecular complexity index is 116. The van der Waals surface area contributed by atoms with E-state index in [1.54, 1.807) is 5.57 Å². The van der Waals surface area contributed by atoms with Crippen molar-refractivity contribution in [2.24, 2.45) is 0 Å². The normalized spacial score (nSPS) is 21.1. The highest BCUT2D eigenvalue weighted by molar-refractivity contribution is 5.02. The summed E-state index contributed by atoms with van der Waals surface area (Å²) in [6.07, 6.45) is 7.50. The van der Waals surface area contributed by atoms with Crippen molar-refractivity contribution in [3.8, 4) is 0 Å². The van der Waals surface area contributed by atoms with Crippen molar-refractivity contribution in [1.82, 2.24) is 5.32 Å². The van der Waals surface area contributed by atoms with Gasteiger partial charge in [0.25, 0.3) is 0 Å². The summed E-state index contributed by atoms with van der Waals surface area (Å²) in [5.41, 5.74) is 1.65. The Kier molecular flexibility index (Phi) is 3.52. The number of hydrogen-bond donors (Lipinski definition) is 1. The molecule has 1 aliphatic rings. The van der Waals surface area contributed by atoms with Crippen LogP contribution in [0.4, 0.5) is 0 Å². The molecule has 1 aliphatic heterocycles. The molecule has 0 saturated heterocycles. The summed E-state index contributed by atoms with van der Waals surface area (Å²) in [5, 5.41) is 3.39. The first-order valence-electron chi connectivity index (χ1n) is 4.32. The molecule has 10 heavy (non-hydrogen) atoms. The monoisotopic (exact) mass is 139 g/mol. The predicted molar refractivity (Wildman–Crippen MR) is 45.1 cm³/mol. The van der Waals surface area contributed by atoms with Crippen LogP contribution in [0.25, 0.3) is 0 Å². The van der Waals surface area contributed by atoms with Crippen LogP contribution in [0.15, 0.2) is 11.6 Å². The second kappa shape index (κ2) is 4.51. The zero-order chi connectivity index (χ0) is 7.23. The van der Waals surface area contributed by atoms with Crippen LogP contribution in [-0.2, 0) is 0 Å². The van der Waals surface area contributed by atoms with Gasteiger partial charge in [0, 0.05) is 0 Å². The van der Waals surface area contributed by atoms with E-state index in [1.165, 1.54) is 38.8 Å². The van der Waals surface area contributed by atoms with Gasteiger partial charge in [-0.1, -0.05) is 18.6 Å². The van der Waals surface area contributed by atoms with Crippen molar-refractivity contribution < 1.29 is 0 Å². The SMILES string of the molecule is CCC1=CCCNCCC1. The number of rotatable bonds is 1. The van der Waals surface area contributed by atoms with Gasteiger partial charge in [-0.15, -0.1) is 0 Å². The first-order chi connectivity index (χ1) is 4.93. The van der Waals surface area contributed by atoms with Gasteiger partial charge in [0.05, 0.1) is 0 Å². The molecule has 1 N–H and O–H groups in total. The second-order valence-electron chi connectivity index (χ2n) is 2.86. The maximum absolute atomic E-state index is 3.39. The Morgan fingerprint density at radius 3 is 3.20 bits per heavy atom. The zero-order valence-electron chi connectivity index (χ0n) is 6.82. The molecule has 1 heterocycles. The molecule has 1 heteroatoms. The third-order valence-corrected chi connectivity index (χ3v) is 2.06. The lowest BCUT2D eigenvalue weighted by Gasteiger charge is -2.09. The highest BCUT2D eigenvalue weighted by atomic mass is 14.8. The number of allylic oxidation sites excluding steroid dienone is 1. The minimum atomic E-state index is 1.17. The lowest BCUT2D eigenvalue weighted by molar-refractivity contribution is 0.626. The zero-order valence-corrected chi connectivity index (χ0v) is 6.82. The third-order valence-electron chi connectivity index (χ3n) is 2.06. The minimum Gasteiger partial charge on any atom is -0.316 e. The molecule has 0 unspecified atom stereocenters. The molecule has 0 aromatic carbocycles. The van der Waals surface area contributed by atoms with E-state index in [9.17, 15) is 0 Å². The average molecular weight is 139 g/mol. The minimum absolute atomic E-state index is 1.17. The molecular formula is C9H17N. The van der Waals surface area contributed by atoms with Crippen molar-refractivity contribution in [2.45, 2.75) is 32.6 Å². The van der Waals surface area contributed by atoms with E-state index < -0.39 is 0 Å². The van der Waals surface area contributed by atoms with E-state index in [4.69, 9.17) is 0 Å². The van der Waals surface area contributed by atoms with Gasteiger partial charge in [0.1, 0.15) is 0 Å². The summed E-state index contributed by atoms with van der Waals surface area (Å²) in [6, 6.07) is 0. The average Bonchev–Trinajstić information content (AvgIpc) is 1.87. The highest BCUT2D eigenvalue weighted by Crippen LogP contribution is 2.10. The first-order valence-corrected chi connectivity index (χ1v) is 4.32. The molecule has 0 saturated carbocycles. The molecule has 0 amide bonds. The molecule has 0 atom stereocenters. The van der Waals surface area contributed by atoms with Gasteiger partial charge in [-0.2, -0.15) is 0 Å². The smallest absolute Gasteiger partial charge is 0.00142 e. The van der Waals surface area contributed by atoms with E-state index in [-0.39, 0.29) is 0 Å². The maximum Gasteiger partial charge on any atom is -0.00142 e. The fourth-order valence-electron chi connectivity index (χ4n) is 1.37. The Balaban J connectivity index is 2.35. The molecule has 1 nitrogen and oxygen atoms in total. The lowest BCUT2D eigenvalue weighted by Crippen LogP contribution is -2.17. The summed E-state index contributed by atoms with van der Waals surface area (Å²) in [5.74, 6) is 0. The second-order valence-corrected chi connectivity index (χ2v) is 2.86. The van der Waals surface area contributed by atoms with Gasteiger partial charge in [-0.3, -0.25) is 0 Å². The van der Waals surface area contributed by atoms with Crippen LogP contribution >= 0.6 is 0 Å². The maximum atomic E-state index is 3.39. The van der Waals surface area contributed by atoms with Crippen molar-refractivity contribution >= 4 is 0 Å². The predicted octanol–water partition coefficient (Wildman–Crippen LogP) is 2.10. The van der Waals surface area contributed by atoms with Crippen LogP contribution in [0.3, 0.4) is 0 Å². The van der Waals surface area contributed by atoms with Crippen LogP contribution in [-0.4, -0.2) is 13.1 Å². The van der Waals surface area contributed by atoms with Crippen molar-refractivity contribution in [3.05, 3.63) is 11.6 Å². The Morgan fingerprint density at radius 1 is 1.50 bits per heavy atom. The number of hydrogen-bond acceptors (Lipinski definition) is 1. The molecule has 58 valence electrons. The molecule has 0 radical (unpaired) electrons. The number of nitrogens with one attached hydrogen (secondary N) is 1. The molecule has 1 rings (SSSR count). The van der Waals surface area contributed by atoms with Gasteiger partial charge < -0.3 is 5.32 Å². The molecule has 0 bridgehead atoms. The van der Waals surface area contributed by atoms with Gasteiger partial charge in [-0.05, 0) is 38.8 Å². The van der Waals surface area contributed by atoms with Crippen LogP contribution in [0, 0.1) is 0 Å². The Hall–Kier alpha value is -0.300. The van der Waals surface area contributed by atoms with Gasteiger partial charge in [0.2, 0.25) is 0 Å². The highest BCUT2D eigenvalue weighted by Gasteiger charge is 1.97. The topological polar surface area (TPSA) is 12.0 Å². The standard InChI is InChI=1S/C9H17N/c1-2-9-5-3-7-10-8-4-6-9/h5,10H,2-4,6-8H2,1H3. The van der Waals surface area contributed by atoms with Gasteiger partial charge in [0.15, 0.2) is 0 Å². The van der Waals surface area contributed by atoms with Crippen molar-refractivity contribution in [2.75, 3.05) is 13.1 Å². The van der Waals surface area contributed by atoms with E-state index >= 15 is 0 Å². The van der Waals surface area contributed by atoms with Gasteiger partial charge in [-0.25, -0.2) is 0 Å².